The third kappa shape index (κ3) is 2.58. The van der Waals surface area contributed by atoms with E-state index in [-0.39, 0.29) is 6.04 Å². The maximum Gasteiger partial charge on any atom is 0.126 e. The van der Waals surface area contributed by atoms with Crippen molar-refractivity contribution >= 4 is 11.0 Å². The molecule has 20 heavy (non-hydrogen) atoms. The molecule has 1 aliphatic rings. The van der Waals surface area contributed by atoms with Crippen LogP contribution >= 0.6 is 0 Å². The highest BCUT2D eigenvalue weighted by Gasteiger charge is 2.16. The first kappa shape index (κ1) is 13.6. The Hall–Kier alpha value is -1.39. The largest absolute Gasteiger partial charge is 0.325 e. The summed E-state index contributed by atoms with van der Waals surface area (Å²) in [7, 11) is 0. The highest BCUT2D eigenvalue weighted by molar-refractivity contribution is 5.77. The molecule has 0 radical (unpaired) electrons. The molecule has 4 nitrogen and oxygen atoms in total. The van der Waals surface area contributed by atoms with Crippen molar-refractivity contribution in [3.63, 3.8) is 0 Å². The van der Waals surface area contributed by atoms with Gasteiger partial charge in [0.2, 0.25) is 0 Å². The fourth-order valence-corrected chi connectivity index (χ4v) is 3.09. The molecule has 3 rings (SSSR count). The Labute approximate surface area is 120 Å². The molecule has 108 valence electrons. The van der Waals surface area contributed by atoms with Gasteiger partial charge in [0.25, 0.3) is 0 Å². The molecule has 0 bridgehead atoms. The van der Waals surface area contributed by atoms with Gasteiger partial charge in [-0.3, -0.25) is 0 Å². The molecule has 2 aromatic rings. The van der Waals surface area contributed by atoms with Crippen LogP contribution in [0.3, 0.4) is 0 Å². The summed E-state index contributed by atoms with van der Waals surface area (Å²) in [5, 5.41) is 0. The van der Waals surface area contributed by atoms with Crippen molar-refractivity contribution in [3.8, 4) is 0 Å². The molecule has 1 fully saturated rings. The number of fused-ring (bicyclic) bond motifs is 1. The lowest BCUT2D eigenvalue weighted by molar-refractivity contribution is 0.321. The van der Waals surface area contributed by atoms with Crippen LogP contribution in [0.15, 0.2) is 18.2 Å². The molecule has 1 unspecified atom stereocenters. The average Bonchev–Trinajstić information content (AvgIpc) is 3.02. The normalized spacial score (nSPS) is 17.9. The number of imidazole rings is 1. The van der Waals surface area contributed by atoms with Crippen molar-refractivity contribution in [1.29, 1.82) is 0 Å². The number of nitrogens with zero attached hydrogens (tertiary/aromatic N) is 3. The molecule has 0 saturated carbocycles. The molecule has 0 aliphatic carbocycles. The summed E-state index contributed by atoms with van der Waals surface area (Å²) in [6.07, 6.45) is 2.67. The minimum atomic E-state index is -0.0266. The van der Waals surface area contributed by atoms with Gasteiger partial charge >= 0.3 is 0 Å². The first-order valence-electron chi connectivity index (χ1n) is 7.60. The second-order valence-electron chi connectivity index (χ2n) is 5.95. The van der Waals surface area contributed by atoms with E-state index in [1.54, 1.807) is 0 Å². The fraction of sp³-hybridized carbons (Fsp3) is 0.562. The van der Waals surface area contributed by atoms with E-state index in [9.17, 15) is 0 Å². The van der Waals surface area contributed by atoms with Crippen molar-refractivity contribution in [1.82, 2.24) is 14.5 Å². The molecular weight excluding hydrogens is 248 g/mol. The first-order valence-corrected chi connectivity index (χ1v) is 7.60. The average molecular weight is 272 g/mol. The minimum absolute atomic E-state index is 0.0266. The summed E-state index contributed by atoms with van der Waals surface area (Å²) in [4.78, 5) is 7.27. The Morgan fingerprint density at radius 3 is 2.70 bits per heavy atom. The Morgan fingerprint density at radius 2 is 2.00 bits per heavy atom. The molecule has 1 atom stereocenters. The van der Waals surface area contributed by atoms with E-state index in [1.807, 2.05) is 6.92 Å². The molecule has 1 aliphatic heterocycles. The van der Waals surface area contributed by atoms with Crippen LogP contribution in [0.1, 0.15) is 37.2 Å². The van der Waals surface area contributed by atoms with Gasteiger partial charge in [-0.25, -0.2) is 4.98 Å². The van der Waals surface area contributed by atoms with Gasteiger partial charge in [0.05, 0.1) is 17.1 Å². The topological polar surface area (TPSA) is 47.1 Å². The number of rotatable bonds is 4. The third-order valence-corrected chi connectivity index (χ3v) is 4.18. The Morgan fingerprint density at radius 1 is 1.25 bits per heavy atom. The summed E-state index contributed by atoms with van der Waals surface area (Å²) < 4.78 is 2.30. The van der Waals surface area contributed by atoms with E-state index < -0.39 is 0 Å². The maximum atomic E-state index is 6.10. The van der Waals surface area contributed by atoms with Crippen molar-refractivity contribution in [3.05, 3.63) is 29.6 Å². The number of nitrogens with two attached hydrogens (primary N) is 1. The minimum Gasteiger partial charge on any atom is -0.325 e. The van der Waals surface area contributed by atoms with Crippen LogP contribution in [0.4, 0.5) is 0 Å². The van der Waals surface area contributed by atoms with Crippen LogP contribution in [-0.2, 0) is 6.54 Å². The lowest BCUT2D eigenvalue weighted by Gasteiger charge is -2.17. The van der Waals surface area contributed by atoms with Gasteiger partial charge in [-0.1, -0.05) is 6.07 Å². The van der Waals surface area contributed by atoms with Crippen LogP contribution in [0.5, 0.6) is 0 Å². The summed E-state index contributed by atoms with van der Waals surface area (Å²) in [5.41, 5.74) is 9.63. The number of likely N-dealkylation sites (tertiary alicyclic amines) is 1. The third-order valence-electron chi connectivity index (χ3n) is 4.18. The number of aromatic nitrogens is 2. The Balaban J connectivity index is 1.91. The second kappa shape index (κ2) is 5.54. The predicted molar refractivity (Wildman–Crippen MR) is 82.7 cm³/mol. The van der Waals surface area contributed by atoms with E-state index in [0.29, 0.717) is 0 Å². The van der Waals surface area contributed by atoms with Gasteiger partial charge in [0.1, 0.15) is 5.82 Å². The summed E-state index contributed by atoms with van der Waals surface area (Å²) in [6, 6.07) is 6.45. The van der Waals surface area contributed by atoms with E-state index in [4.69, 9.17) is 10.7 Å². The van der Waals surface area contributed by atoms with Crippen molar-refractivity contribution in [2.24, 2.45) is 5.73 Å². The van der Waals surface area contributed by atoms with Gasteiger partial charge in [-0.15, -0.1) is 0 Å². The quantitative estimate of drug-likeness (QED) is 0.930. The standard InChI is InChI=1S/C16H24N4/c1-12-5-6-15-14(11-12)18-16(13(2)17)20(15)10-9-19-7-3-4-8-19/h5-6,11,13H,3-4,7-10,17H2,1-2H3. The predicted octanol–water partition coefficient (Wildman–Crippen LogP) is 2.46. The van der Waals surface area contributed by atoms with Crippen LogP contribution in [0, 0.1) is 6.92 Å². The smallest absolute Gasteiger partial charge is 0.126 e. The zero-order chi connectivity index (χ0) is 14.1. The molecule has 1 aromatic heterocycles. The van der Waals surface area contributed by atoms with Gasteiger partial charge < -0.3 is 15.2 Å². The number of aryl methyl sites for hydroxylation is 1. The zero-order valence-electron chi connectivity index (χ0n) is 12.5. The molecule has 0 spiro atoms. The van der Waals surface area contributed by atoms with Gasteiger partial charge in [-0.05, 0) is 57.5 Å². The van der Waals surface area contributed by atoms with E-state index in [0.717, 1.165) is 24.4 Å². The van der Waals surface area contributed by atoms with Crippen molar-refractivity contribution < 1.29 is 0 Å². The Kier molecular flexibility index (Phi) is 3.76. The van der Waals surface area contributed by atoms with Gasteiger partial charge in [0, 0.05) is 13.1 Å². The number of hydrogen-bond acceptors (Lipinski definition) is 3. The maximum absolute atomic E-state index is 6.10. The van der Waals surface area contributed by atoms with Gasteiger partial charge in [0.15, 0.2) is 0 Å². The van der Waals surface area contributed by atoms with E-state index in [1.165, 1.54) is 37.0 Å². The Bertz CT molecular complexity index is 594. The van der Waals surface area contributed by atoms with Crippen molar-refractivity contribution in [2.75, 3.05) is 19.6 Å². The van der Waals surface area contributed by atoms with E-state index >= 15 is 0 Å². The SMILES string of the molecule is Cc1ccc2c(c1)nc(C(C)N)n2CCN1CCCC1. The lowest BCUT2D eigenvalue weighted by atomic mass is 10.2. The second-order valence-corrected chi connectivity index (χ2v) is 5.95. The number of hydrogen-bond donors (Lipinski definition) is 1. The van der Waals surface area contributed by atoms with E-state index in [2.05, 4.69) is 34.6 Å². The molecule has 0 amide bonds. The lowest BCUT2D eigenvalue weighted by Crippen LogP contribution is -2.25. The molecule has 4 heteroatoms. The summed E-state index contributed by atoms with van der Waals surface area (Å²) in [6.45, 7) is 8.67. The summed E-state index contributed by atoms with van der Waals surface area (Å²) >= 11 is 0. The first-order chi connectivity index (χ1) is 9.65. The monoisotopic (exact) mass is 272 g/mol. The van der Waals surface area contributed by atoms with Crippen LogP contribution < -0.4 is 5.73 Å². The number of benzene rings is 1. The molecule has 1 aromatic carbocycles. The summed E-state index contributed by atoms with van der Waals surface area (Å²) in [5.74, 6) is 1.00. The van der Waals surface area contributed by atoms with Crippen LogP contribution in [0.2, 0.25) is 0 Å². The molecular formula is C16H24N4. The highest BCUT2D eigenvalue weighted by atomic mass is 15.2. The van der Waals surface area contributed by atoms with Crippen LogP contribution in [-0.4, -0.2) is 34.1 Å². The highest BCUT2D eigenvalue weighted by Crippen LogP contribution is 2.21. The van der Waals surface area contributed by atoms with Crippen LogP contribution in [0.25, 0.3) is 11.0 Å². The molecule has 2 N–H and O–H groups in total. The molecule has 2 heterocycles. The molecule has 1 saturated heterocycles. The van der Waals surface area contributed by atoms with Gasteiger partial charge in [-0.2, -0.15) is 0 Å². The zero-order valence-corrected chi connectivity index (χ0v) is 12.5. The van der Waals surface area contributed by atoms with Crippen molar-refractivity contribution in [2.45, 2.75) is 39.3 Å². The fourth-order valence-electron chi connectivity index (χ4n) is 3.09.